The fourth-order valence-corrected chi connectivity index (χ4v) is 4.80. The predicted molar refractivity (Wildman–Crippen MR) is 113 cm³/mol. The van der Waals surface area contributed by atoms with Gasteiger partial charge < -0.3 is 19.0 Å². The van der Waals surface area contributed by atoms with Gasteiger partial charge in [0.15, 0.2) is 16.3 Å². The number of hydrogen-bond donors (Lipinski definition) is 1. The van der Waals surface area contributed by atoms with Gasteiger partial charge >= 0.3 is 0 Å². The van der Waals surface area contributed by atoms with Crippen molar-refractivity contribution in [3.8, 4) is 11.5 Å². The molecule has 1 unspecified atom stereocenters. The lowest BCUT2D eigenvalue weighted by Crippen LogP contribution is -2.44. The second-order valence-electron chi connectivity index (χ2n) is 7.49. The molecule has 3 heterocycles. The number of aromatic nitrogens is 2. The molecular weight excluding hydrogens is 394 g/mol. The molecule has 146 valence electrons. The molecule has 0 radical (unpaired) electrons. The van der Waals surface area contributed by atoms with Crippen molar-refractivity contribution in [1.29, 1.82) is 0 Å². The number of piperidine rings is 1. The van der Waals surface area contributed by atoms with E-state index in [4.69, 9.17) is 33.3 Å². The van der Waals surface area contributed by atoms with Crippen LogP contribution in [0.4, 0.5) is 0 Å². The number of H-pyrrole nitrogens is 1. The minimum Gasteiger partial charge on any atom is -0.486 e. The monoisotopic (exact) mass is 415 g/mol. The van der Waals surface area contributed by atoms with Crippen LogP contribution in [0.1, 0.15) is 18.9 Å². The molecule has 0 aliphatic carbocycles. The first-order valence-corrected chi connectivity index (χ1v) is 10.5. The molecule has 0 bridgehead atoms. The molecule has 1 N–H and O–H groups in total. The molecule has 1 aromatic heterocycles. The third-order valence-corrected chi connectivity index (χ3v) is 6.16. The van der Waals surface area contributed by atoms with E-state index in [0.29, 0.717) is 12.6 Å². The molecule has 0 amide bonds. The zero-order valence-corrected chi connectivity index (χ0v) is 17.0. The summed E-state index contributed by atoms with van der Waals surface area (Å²) in [5.74, 6) is 1.68. The van der Waals surface area contributed by atoms with E-state index in [-0.39, 0.29) is 6.10 Å². The van der Waals surface area contributed by atoms with Gasteiger partial charge in [0.05, 0.1) is 11.0 Å². The number of halogens is 1. The van der Waals surface area contributed by atoms with Crippen molar-refractivity contribution in [2.24, 2.45) is 0 Å². The molecule has 2 aliphatic rings. The fraction of sp³-hybridized carbons (Fsp3) is 0.381. The van der Waals surface area contributed by atoms with Crippen LogP contribution in [0.15, 0.2) is 42.5 Å². The summed E-state index contributed by atoms with van der Waals surface area (Å²) in [7, 11) is 0. The van der Waals surface area contributed by atoms with E-state index in [9.17, 15) is 0 Å². The average Bonchev–Trinajstić information content (AvgIpc) is 3.03. The maximum absolute atomic E-state index is 6.12. The highest BCUT2D eigenvalue weighted by molar-refractivity contribution is 7.71. The summed E-state index contributed by atoms with van der Waals surface area (Å²) in [5.41, 5.74) is 2.14. The first-order valence-electron chi connectivity index (χ1n) is 9.68. The highest BCUT2D eigenvalue weighted by Crippen LogP contribution is 2.32. The van der Waals surface area contributed by atoms with E-state index < -0.39 is 0 Å². The van der Waals surface area contributed by atoms with E-state index >= 15 is 0 Å². The van der Waals surface area contributed by atoms with Gasteiger partial charge in [0, 0.05) is 30.7 Å². The van der Waals surface area contributed by atoms with Crippen LogP contribution >= 0.6 is 23.8 Å². The Morgan fingerprint density at radius 3 is 2.71 bits per heavy atom. The number of para-hydroxylation sites is 2. The fourth-order valence-electron chi connectivity index (χ4n) is 4.27. The molecule has 5 rings (SSSR count). The maximum Gasteiger partial charge on any atom is 0.178 e. The van der Waals surface area contributed by atoms with Crippen molar-refractivity contribution in [3.63, 3.8) is 0 Å². The second-order valence-corrected chi connectivity index (χ2v) is 8.31. The summed E-state index contributed by atoms with van der Waals surface area (Å²) < 4.78 is 15.0. The van der Waals surface area contributed by atoms with Gasteiger partial charge in [0.1, 0.15) is 12.7 Å². The number of likely N-dealkylation sites (tertiary alicyclic amines) is 1. The molecule has 0 spiro atoms. The Morgan fingerprint density at radius 2 is 1.89 bits per heavy atom. The molecule has 1 fully saturated rings. The van der Waals surface area contributed by atoms with Crippen molar-refractivity contribution in [2.75, 3.05) is 26.2 Å². The molecule has 7 heteroatoms. The Morgan fingerprint density at radius 1 is 1.11 bits per heavy atom. The lowest BCUT2D eigenvalue weighted by molar-refractivity contribution is 0.0486. The minimum absolute atomic E-state index is 0.0730. The molecule has 28 heavy (non-hydrogen) atoms. The number of benzene rings is 2. The van der Waals surface area contributed by atoms with Gasteiger partial charge in [-0.3, -0.25) is 4.90 Å². The lowest BCUT2D eigenvalue weighted by atomic mass is 10.0. The smallest absolute Gasteiger partial charge is 0.178 e. The Balaban J connectivity index is 1.24. The summed E-state index contributed by atoms with van der Waals surface area (Å²) in [4.78, 5) is 5.76. The minimum atomic E-state index is 0.0730. The van der Waals surface area contributed by atoms with Gasteiger partial charge in [-0.15, -0.1) is 0 Å². The summed E-state index contributed by atoms with van der Waals surface area (Å²) >= 11 is 11.7. The normalized spacial score (nSPS) is 20.5. The van der Waals surface area contributed by atoms with E-state index in [1.54, 1.807) is 0 Å². The van der Waals surface area contributed by atoms with E-state index in [1.165, 1.54) is 0 Å². The zero-order valence-electron chi connectivity index (χ0n) is 15.4. The van der Waals surface area contributed by atoms with E-state index in [0.717, 1.165) is 64.8 Å². The molecule has 5 nitrogen and oxygen atoms in total. The molecule has 3 aromatic rings. The molecule has 1 saturated heterocycles. The van der Waals surface area contributed by atoms with Crippen LogP contribution in [0, 0.1) is 4.77 Å². The first-order chi connectivity index (χ1) is 13.7. The van der Waals surface area contributed by atoms with Crippen molar-refractivity contribution in [2.45, 2.75) is 25.0 Å². The number of nitrogens with one attached hydrogen (secondary N) is 1. The molecule has 2 aliphatic heterocycles. The van der Waals surface area contributed by atoms with E-state index in [1.807, 2.05) is 36.4 Å². The first kappa shape index (κ1) is 18.0. The number of imidazole rings is 1. The van der Waals surface area contributed by atoms with Gasteiger partial charge in [-0.05, 0) is 55.4 Å². The quantitative estimate of drug-likeness (QED) is 0.622. The van der Waals surface area contributed by atoms with Crippen LogP contribution in [-0.2, 0) is 0 Å². The predicted octanol–water partition coefficient (Wildman–Crippen LogP) is 4.83. The molecule has 2 aromatic carbocycles. The molecule has 0 saturated carbocycles. The van der Waals surface area contributed by atoms with Gasteiger partial charge in [0.2, 0.25) is 0 Å². The van der Waals surface area contributed by atoms with Crippen molar-refractivity contribution in [1.82, 2.24) is 14.5 Å². The van der Waals surface area contributed by atoms with Crippen LogP contribution in [0.3, 0.4) is 0 Å². The van der Waals surface area contributed by atoms with Gasteiger partial charge in [-0.2, -0.15) is 0 Å². The van der Waals surface area contributed by atoms with E-state index in [2.05, 4.69) is 20.5 Å². The highest BCUT2D eigenvalue weighted by Gasteiger charge is 2.27. The zero-order chi connectivity index (χ0) is 19.1. The Bertz CT molecular complexity index is 1060. The number of nitrogens with zero attached hydrogens (tertiary/aromatic N) is 2. The van der Waals surface area contributed by atoms with Crippen LogP contribution in [0.2, 0.25) is 5.02 Å². The van der Waals surface area contributed by atoms with Crippen LogP contribution < -0.4 is 9.47 Å². The summed E-state index contributed by atoms with van der Waals surface area (Å²) in [5, 5.41) is 0.724. The molecular formula is C21H22ClN3O2S. The highest BCUT2D eigenvalue weighted by atomic mass is 35.5. The molecule has 1 atom stereocenters. The third kappa shape index (κ3) is 3.41. The largest absolute Gasteiger partial charge is 0.486 e. The van der Waals surface area contributed by atoms with Crippen molar-refractivity contribution < 1.29 is 9.47 Å². The van der Waals surface area contributed by atoms with Crippen molar-refractivity contribution in [3.05, 3.63) is 52.3 Å². The number of hydrogen-bond acceptors (Lipinski definition) is 4. The average molecular weight is 416 g/mol. The summed E-state index contributed by atoms with van der Waals surface area (Å²) in [6.07, 6.45) is 2.20. The Labute approximate surface area is 173 Å². The van der Waals surface area contributed by atoms with Crippen LogP contribution in [-0.4, -0.2) is 46.8 Å². The van der Waals surface area contributed by atoms with Gasteiger partial charge in [0.25, 0.3) is 0 Å². The third-order valence-electron chi connectivity index (χ3n) is 5.63. The van der Waals surface area contributed by atoms with Gasteiger partial charge in [-0.25, -0.2) is 0 Å². The maximum atomic E-state index is 6.12. The topological polar surface area (TPSA) is 42.4 Å². The lowest BCUT2D eigenvalue weighted by Gasteiger charge is -2.36. The van der Waals surface area contributed by atoms with Crippen LogP contribution in [0.25, 0.3) is 11.0 Å². The number of aromatic amines is 1. The SMILES string of the molecule is S=c1[nH]c2cc(Cl)ccc2n1C1CCN(CC2COc3ccccc3O2)CC1. The standard InChI is InChI=1S/C21H22ClN3O2S/c22-14-5-6-18-17(11-14)23-21(28)25(18)15-7-9-24(10-8-15)12-16-13-26-19-3-1-2-4-20(19)27-16/h1-6,11,15-16H,7-10,12-13H2,(H,23,28). The number of fused-ring (bicyclic) bond motifs is 2. The van der Waals surface area contributed by atoms with Gasteiger partial charge in [-0.1, -0.05) is 23.7 Å². The number of ether oxygens (including phenoxy) is 2. The van der Waals surface area contributed by atoms with Crippen LogP contribution in [0.5, 0.6) is 11.5 Å². The summed E-state index contributed by atoms with van der Waals surface area (Å²) in [6, 6.07) is 14.2. The summed E-state index contributed by atoms with van der Waals surface area (Å²) in [6.45, 7) is 3.53. The Kier molecular flexibility index (Phi) is 4.78. The Hall–Kier alpha value is -2.02. The van der Waals surface area contributed by atoms with Crippen molar-refractivity contribution >= 4 is 34.9 Å². The second kappa shape index (κ2) is 7.43. The number of rotatable bonds is 3.